The summed E-state index contributed by atoms with van der Waals surface area (Å²) >= 11 is 0. The van der Waals surface area contributed by atoms with E-state index in [4.69, 9.17) is 5.73 Å². The van der Waals surface area contributed by atoms with Crippen molar-refractivity contribution in [1.29, 1.82) is 0 Å². The molecule has 2 aliphatic rings. The first kappa shape index (κ1) is 11.2. The van der Waals surface area contributed by atoms with Crippen LogP contribution in [0.2, 0.25) is 0 Å². The molecule has 2 unspecified atom stereocenters. The van der Waals surface area contributed by atoms with E-state index in [1.165, 1.54) is 32.1 Å². The molecular weight excluding hydrogens is 212 g/mol. The van der Waals surface area contributed by atoms with Crippen molar-refractivity contribution < 1.29 is 0 Å². The fraction of sp³-hybridized carbons (Fsp3) is 0.846. The van der Waals surface area contributed by atoms with Crippen molar-refractivity contribution in [2.45, 2.75) is 50.5 Å². The fourth-order valence-electron chi connectivity index (χ4n) is 3.37. The Morgan fingerprint density at radius 1 is 1.41 bits per heavy atom. The molecule has 0 saturated heterocycles. The van der Waals surface area contributed by atoms with Gasteiger partial charge in [-0.2, -0.15) is 5.10 Å². The summed E-state index contributed by atoms with van der Waals surface area (Å²) in [6.45, 7) is 0. The molecule has 0 amide bonds. The van der Waals surface area contributed by atoms with E-state index in [2.05, 4.69) is 10.1 Å². The highest BCUT2D eigenvalue weighted by atomic mass is 15.3. The highest BCUT2D eigenvalue weighted by molar-refractivity contribution is 5.02. The van der Waals surface area contributed by atoms with Crippen molar-refractivity contribution in [2.75, 3.05) is 0 Å². The molecule has 0 aromatic carbocycles. The maximum Gasteiger partial charge on any atom is 0.138 e. The van der Waals surface area contributed by atoms with E-state index < -0.39 is 0 Å². The number of hydrogen-bond acceptors (Lipinski definition) is 3. The standard InChI is InChI=1S/C13H22N4/c1-17-12(15-9-16-17)8-13(14)6-2-3-11(7-13)10-4-5-10/h9-11H,2-8,14H2,1H3. The van der Waals surface area contributed by atoms with Crippen molar-refractivity contribution in [3.05, 3.63) is 12.2 Å². The smallest absolute Gasteiger partial charge is 0.138 e. The van der Waals surface area contributed by atoms with E-state index in [-0.39, 0.29) is 5.54 Å². The van der Waals surface area contributed by atoms with E-state index in [1.54, 1.807) is 6.33 Å². The Balaban J connectivity index is 1.69. The largest absolute Gasteiger partial charge is 0.325 e. The minimum atomic E-state index is -0.0354. The summed E-state index contributed by atoms with van der Waals surface area (Å²) in [7, 11) is 1.95. The molecule has 4 heteroatoms. The lowest BCUT2D eigenvalue weighted by Gasteiger charge is -2.38. The van der Waals surface area contributed by atoms with Gasteiger partial charge in [-0.3, -0.25) is 4.68 Å². The summed E-state index contributed by atoms with van der Waals surface area (Å²) in [4.78, 5) is 4.31. The number of aryl methyl sites for hydroxylation is 1. The lowest BCUT2D eigenvalue weighted by molar-refractivity contribution is 0.201. The Morgan fingerprint density at radius 3 is 2.88 bits per heavy atom. The SMILES string of the molecule is Cn1ncnc1CC1(N)CCCC(C2CC2)C1. The van der Waals surface area contributed by atoms with Gasteiger partial charge in [0.15, 0.2) is 0 Å². The van der Waals surface area contributed by atoms with E-state index in [0.29, 0.717) is 0 Å². The molecule has 2 saturated carbocycles. The van der Waals surface area contributed by atoms with E-state index in [1.807, 2.05) is 11.7 Å². The number of rotatable bonds is 3. The van der Waals surface area contributed by atoms with Crippen molar-refractivity contribution in [3.8, 4) is 0 Å². The second-order valence-corrected chi connectivity index (χ2v) is 6.03. The predicted octanol–water partition coefficient (Wildman–Crippen LogP) is 1.66. The average molecular weight is 234 g/mol. The van der Waals surface area contributed by atoms with Crippen molar-refractivity contribution in [1.82, 2.24) is 14.8 Å². The summed E-state index contributed by atoms with van der Waals surface area (Å²) in [5.74, 6) is 2.89. The molecule has 94 valence electrons. The van der Waals surface area contributed by atoms with E-state index in [9.17, 15) is 0 Å². The minimum absolute atomic E-state index is 0.0354. The molecule has 1 aromatic heterocycles. The first-order valence-corrected chi connectivity index (χ1v) is 6.78. The number of aromatic nitrogens is 3. The molecule has 0 bridgehead atoms. The third-order valence-electron chi connectivity index (χ3n) is 4.52. The number of nitrogens with two attached hydrogens (primary N) is 1. The second-order valence-electron chi connectivity index (χ2n) is 6.03. The number of hydrogen-bond donors (Lipinski definition) is 1. The van der Waals surface area contributed by atoms with Crippen LogP contribution in [0.3, 0.4) is 0 Å². The fourth-order valence-corrected chi connectivity index (χ4v) is 3.37. The first-order valence-electron chi connectivity index (χ1n) is 6.78. The lowest BCUT2D eigenvalue weighted by atomic mass is 9.72. The van der Waals surface area contributed by atoms with Crippen LogP contribution in [0.15, 0.2) is 6.33 Å². The van der Waals surface area contributed by atoms with Crippen LogP contribution in [0.4, 0.5) is 0 Å². The molecule has 0 radical (unpaired) electrons. The van der Waals surface area contributed by atoms with Gasteiger partial charge in [-0.1, -0.05) is 12.8 Å². The van der Waals surface area contributed by atoms with Gasteiger partial charge in [0.1, 0.15) is 12.2 Å². The molecular formula is C13H22N4. The third-order valence-corrected chi connectivity index (χ3v) is 4.52. The van der Waals surface area contributed by atoms with Gasteiger partial charge in [0.2, 0.25) is 0 Å². The van der Waals surface area contributed by atoms with Gasteiger partial charge in [0, 0.05) is 19.0 Å². The first-order chi connectivity index (χ1) is 8.16. The van der Waals surface area contributed by atoms with E-state index >= 15 is 0 Å². The van der Waals surface area contributed by atoms with Crippen LogP contribution in [0.5, 0.6) is 0 Å². The molecule has 3 rings (SSSR count). The molecule has 2 fully saturated rings. The van der Waals surface area contributed by atoms with Crippen LogP contribution >= 0.6 is 0 Å². The molecule has 1 aromatic rings. The Hall–Kier alpha value is -0.900. The van der Waals surface area contributed by atoms with Gasteiger partial charge in [-0.15, -0.1) is 0 Å². The van der Waals surface area contributed by atoms with Crippen LogP contribution in [0.1, 0.15) is 44.3 Å². The highest BCUT2D eigenvalue weighted by Crippen LogP contribution is 2.46. The van der Waals surface area contributed by atoms with Crippen LogP contribution in [-0.4, -0.2) is 20.3 Å². The van der Waals surface area contributed by atoms with Gasteiger partial charge < -0.3 is 5.73 Å². The second kappa shape index (κ2) is 4.09. The zero-order valence-corrected chi connectivity index (χ0v) is 10.6. The van der Waals surface area contributed by atoms with Gasteiger partial charge >= 0.3 is 0 Å². The Kier molecular flexibility index (Phi) is 2.69. The Bertz CT molecular complexity index is 396. The summed E-state index contributed by atoms with van der Waals surface area (Å²) in [5.41, 5.74) is 6.56. The minimum Gasteiger partial charge on any atom is -0.325 e. The molecule has 17 heavy (non-hydrogen) atoms. The van der Waals surface area contributed by atoms with Crippen LogP contribution < -0.4 is 5.73 Å². The van der Waals surface area contributed by atoms with E-state index in [0.717, 1.165) is 30.5 Å². The molecule has 2 atom stereocenters. The monoisotopic (exact) mass is 234 g/mol. The summed E-state index contributed by atoms with van der Waals surface area (Å²) in [6.07, 6.45) is 10.4. The Morgan fingerprint density at radius 2 is 2.24 bits per heavy atom. The molecule has 0 aliphatic heterocycles. The Labute approximate surface area is 103 Å². The third kappa shape index (κ3) is 2.37. The van der Waals surface area contributed by atoms with Gasteiger partial charge in [-0.25, -0.2) is 4.98 Å². The van der Waals surface area contributed by atoms with Crippen molar-refractivity contribution >= 4 is 0 Å². The zero-order chi connectivity index (χ0) is 11.9. The molecule has 2 N–H and O–H groups in total. The molecule has 1 heterocycles. The quantitative estimate of drug-likeness (QED) is 0.865. The van der Waals surface area contributed by atoms with Gasteiger partial charge in [0.05, 0.1) is 0 Å². The summed E-state index contributed by atoms with van der Waals surface area (Å²) in [5, 5.41) is 4.13. The molecule has 2 aliphatic carbocycles. The number of nitrogens with zero attached hydrogens (tertiary/aromatic N) is 3. The van der Waals surface area contributed by atoms with Crippen LogP contribution in [0.25, 0.3) is 0 Å². The maximum absolute atomic E-state index is 6.59. The topological polar surface area (TPSA) is 56.7 Å². The van der Waals surface area contributed by atoms with Crippen LogP contribution in [-0.2, 0) is 13.5 Å². The lowest BCUT2D eigenvalue weighted by Crippen LogP contribution is -2.47. The normalized spacial score (nSPS) is 33.9. The highest BCUT2D eigenvalue weighted by Gasteiger charge is 2.40. The zero-order valence-electron chi connectivity index (χ0n) is 10.6. The maximum atomic E-state index is 6.59. The van der Waals surface area contributed by atoms with Crippen molar-refractivity contribution in [3.63, 3.8) is 0 Å². The van der Waals surface area contributed by atoms with Crippen LogP contribution in [0, 0.1) is 11.8 Å². The predicted molar refractivity (Wildman–Crippen MR) is 66.3 cm³/mol. The van der Waals surface area contributed by atoms with Gasteiger partial charge in [0.25, 0.3) is 0 Å². The summed E-state index contributed by atoms with van der Waals surface area (Å²) in [6, 6.07) is 0. The van der Waals surface area contributed by atoms with Crippen molar-refractivity contribution in [2.24, 2.45) is 24.6 Å². The molecule has 4 nitrogen and oxygen atoms in total. The van der Waals surface area contributed by atoms with Gasteiger partial charge in [-0.05, 0) is 37.5 Å². The average Bonchev–Trinajstić information content (AvgIpc) is 3.06. The molecule has 0 spiro atoms. The summed E-state index contributed by atoms with van der Waals surface area (Å²) < 4.78 is 1.86.